The average molecular weight is 444 g/mol. The molecule has 0 aliphatic carbocycles. The number of ether oxygens (including phenoxy) is 1. The summed E-state index contributed by atoms with van der Waals surface area (Å²) in [6.45, 7) is 1.81. The number of anilines is 1. The van der Waals surface area contributed by atoms with E-state index in [9.17, 15) is 9.18 Å². The lowest BCUT2D eigenvalue weighted by Gasteiger charge is -2.27. The fourth-order valence-corrected chi connectivity index (χ4v) is 3.42. The van der Waals surface area contributed by atoms with Gasteiger partial charge in [-0.3, -0.25) is 0 Å². The van der Waals surface area contributed by atoms with E-state index in [2.05, 4.69) is 36.8 Å². The number of nitrogens with zero attached hydrogens (tertiary/aromatic N) is 4. The lowest BCUT2D eigenvalue weighted by atomic mass is 9.95. The zero-order valence-electron chi connectivity index (χ0n) is 14.8. The number of aromatic nitrogens is 4. The molecule has 2 heterocycles. The number of halogens is 2. The van der Waals surface area contributed by atoms with Crippen molar-refractivity contribution in [2.75, 3.05) is 5.32 Å². The van der Waals surface area contributed by atoms with Gasteiger partial charge in [-0.25, -0.2) is 9.18 Å². The highest BCUT2D eigenvalue weighted by molar-refractivity contribution is 9.10. The molecule has 1 atom stereocenters. The molecule has 0 spiro atoms. The number of allylic oxidation sites excluding steroid dienone is 1. The Balaban J connectivity index is 1.71. The van der Waals surface area contributed by atoms with Crippen molar-refractivity contribution >= 4 is 27.8 Å². The third kappa shape index (κ3) is 3.40. The molecule has 0 saturated carbocycles. The number of benzene rings is 2. The molecule has 0 radical (unpaired) electrons. The fourth-order valence-electron chi connectivity index (χ4n) is 3.09. The zero-order chi connectivity index (χ0) is 19.7. The molecular weight excluding hydrogens is 429 g/mol. The first-order valence-electron chi connectivity index (χ1n) is 8.46. The summed E-state index contributed by atoms with van der Waals surface area (Å²) in [6, 6.07) is 13.1. The quantitative estimate of drug-likeness (QED) is 0.620. The molecule has 1 unspecified atom stereocenters. The number of esters is 1. The second-order valence-electron chi connectivity index (χ2n) is 6.24. The van der Waals surface area contributed by atoms with E-state index < -0.39 is 17.8 Å². The van der Waals surface area contributed by atoms with Crippen LogP contribution >= 0.6 is 15.9 Å². The van der Waals surface area contributed by atoms with Crippen LogP contribution in [-0.2, 0) is 16.1 Å². The van der Waals surface area contributed by atoms with Crippen molar-refractivity contribution in [1.82, 2.24) is 20.2 Å². The van der Waals surface area contributed by atoms with Gasteiger partial charge in [-0.1, -0.05) is 57.4 Å². The predicted octanol–water partition coefficient (Wildman–Crippen LogP) is 3.61. The lowest BCUT2D eigenvalue weighted by Crippen LogP contribution is -2.30. The van der Waals surface area contributed by atoms with Crippen LogP contribution in [0, 0.1) is 5.82 Å². The van der Waals surface area contributed by atoms with Crippen LogP contribution < -0.4 is 5.32 Å². The summed E-state index contributed by atoms with van der Waals surface area (Å²) in [5.41, 5.74) is 1.88. The van der Waals surface area contributed by atoms with Crippen LogP contribution in [0.5, 0.6) is 0 Å². The minimum Gasteiger partial charge on any atom is -0.457 e. The molecule has 1 aromatic heterocycles. The van der Waals surface area contributed by atoms with Gasteiger partial charge in [0.1, 0.15) is 18.5 Å². The van der Waals surface area contributed by atoms with E-state index in [0.717, 1.165) is 5.56 Å². The molecule has 2 aromatic carbocycles. The van der Waals surface area contributed by atoms with Crippen molar-refractivity contribution < 1.29 is 13.9 Å². The smallest absolute Gasteiger partial charge is 0.338 e. The van der Waals surface area contributed by atoms with Crippen LogP contribution in [0.4, 0.5) is 10.3 Å². The van der Waals surface area contributed by atoms with Crippen LogP contribution in [0.1, 0.15) is 24.1 Å². The first kappa shape index (κ1) is 18.3. The number of fused-ring (bicyclic) bond motifs is 1. The van der Waals surface area contributed by atoms with Crippen LogP contribution in [0.15, 0.2) is 64.3 Å². The van der Waals surface area contributed by atoms with E-state index in [4.69, 9.17) is 4.74 Å². The molecule has 28 heavy (non-hydrogen) atoms. The molecule has 1 aliphatic rings. The molecule has 3 aromatic rings. The highest BCUT2D eigenvalue weighted by atomic mass is 79.9. The summed E-state index contributed by atoms with van der Waals surface area (Å²) < 4.78 is 22.2. The second-order valence-corrected chi connectivity index (χ2v) is 7.16. The molecule has 0 saturated heterocycles. The molecule has 142 valence electrons. The molecule has 1 aliphatic heterocycles. The molecule has 9 heteroatoms. The Hall–Kier alpha value is -3.07. The first-order valence-corrected chi connectivity index (χ1v) is 9.25. The van der Waals surface area contributed by atoms with Gasteiger partial charge in [0.05, 0.1) is 5.57 Å². The number of carbonyl (C=O) groups is 1. The van der Waals surface area contributed by atoms with E-state index in [1.165, 1.54) is 10.7 Å². The number of carbonyl (C=O) groups excluding carboxylic acids is 1. The van der Waals surface area contributed by atoms with Gasteiger partial charge in [-0.15, -0.1) is 0 Å². The summed E-state index contributed by atoms with van der Waals surface area (Å²) in [6.07, 6.45) is 0. The number of rotatable bonds is 4. The first-order chi connectivity index (χ1) is 13.5. The van der Waals surface area contributed by atoms with Gasteiger partial charge in [0, 0.05) is 15.7 Å². The summed E-state index contributed by atoms with van der Waals surface area (Å²) in [5.74, 6) is -0.726. The van der Waals surface area contributed by atoms with Crippen molar-refractivity contribution in [3.05, 3.63) is 81.2 Å². The predicted molar refractivity (Wildman–Crippen MR) is 103 cm³/mol. The Morgan fingerprint density at radius 1 is 1.29 bits per heavy atom. The minimum atomic E-state index is -0.845. The Kier molecular flexibility index (Phi) is 4.91. The van der Waals surface area contributed by atoms with Crippen LogP contribution in [0.3, 0.4) is 0 Å². The van der Waals surface area contributed by atoms with Crippen molar-refractivity contribution in [1.29, 1.82) is 0 Å². The van der Waals surface area contributed by atoms with Crippen molar-refractivity contribution in [2.24, 2.45) is 0 Å². The SMILES string of the molecule is CC1=C(C(=O)OCc2ccccc2)C(c2ccc(Br)cc2F)n2nnnc2N1. The summed E-state index contributed by atoms with van der Waals surface area (Å²) in [5, 5.41) is 14.4. The number of hydrogen-bond donors (Lipinski definition) is 1. The van der Waals surface area contributed by atoms with Gasteiger partial charge in [0.25, 0.3) is 0 Å². The topological polar surface area (TPSA) is 81.9 Å². The molecule has 0 amide bonds. The van der Waals surface area contributed by atoms with Gasteiger partial charge in [0.2, 0.25) is 5.95 Å². The largest absolute Gasteiger partial charge is 0.457 e. The maximum atomic E-state index is 14.7. The molecular formula is C19H15BrFN5O2. The molecule has 0 bridgehead atoms. The van der Waals surface area contributed by atoms with Crippen molar-refractivity contribution in [3.63, 3.8) is 0 Å². The Labute approximate surface area is 168 Å². The normalized spacial score (nSPS) is 15.8. The average Bonchev–Trinajstić information content (AvgIpc) is 3.14. The zero-order valence-corrected chi connectivity index (χ0v) is 16.4. The number of hydrogen-bond acceptors (Lipinski definition) is 6. The fraction of sp³-hybridized carbons (Fsp3) is 0.158. The van der Waals surface area contributed by atoms with E-state index >= 15 is 0 Å². The van der Waals surface area contributed by atoms with E-state index in [1.54, 1.807) is 19.1 Å². The second kappa shape index (κ2) is 7.51. The molecule has 7 nitrogen and oxygen atoms in total. The van der Waals surface area contributed by atoms with Crippen LogP contribution in [0.25, 0.3) is 0 Å². The monoisotopic (exact) mass is 443 g/mol. The Morgan fingerprint density at radius 3 is 2.82 bits per heavy atom. The van der Waals surface area contributed by atoms with E-state index in [-0.39, 0.29) is 17.7 Å². The van der Waals surface area contributed by atoms with Gasteiger partial charge in [0.15, 0.2) is 0 Å². The maximum Gasteiger partial charge on any atom is 0.338 e. The van der Waals surface area contributed by atoms with Gasteiger partial charge in [-0.2, -0.15) is 4.68 Å². The summed E-state index contributed by atoms with van der Waals surface area (Å²) >= 11 is 3.25. The van der Waals surface area contributed by atoms with Crippen LogP contribution in [-0.4, -0.2) is 26.2 Å². The number of nitrogens with one attached hydrogen (secondary N) is 1. The van der Waals surface area contributed by atoms with Crippen molar-refractivity contribution in [2.45, 2.75) is 19.6 Å². The van der Waals surface area contributed by atoms with Gasteiger partial charge < -0.3 is 10.1 Å². The summed E-state index contributed by atoms with van der Waals surface area (Å²) in [4.78, 5) is 12.9. The van der Waals surface area contributed by atoms with Gasteiger partial charge >= 0.3 is 5.97 Å². The Morgan fingerprint density at radius 2 is 2.07 bits per heavy atom. The minimum absolute atomic E-state index is 0.106. The van der Waals surface area contributed by atoms with E-state index in [0.29, 0.717) is 16.1 Å². The molecule has 0 fully saturated rings. The Bertz CT molecular complexity index is 1070. The number of tetrazole rings is 1. The third-order valence-electron chi connectivity index (χ3n) is 4.40. The van der Waals surface area contributed by atoms with Crippen molar-refractivity contribution in [3.8, 4) is 0 Å². The summed E-state index contributed by atoms with van der Waals surface area (Å²) in [7, 11) is 0. The molecule has 4 rings (SSSR count). The van der Waals surface area contributed by atoms with Gasteiger partial charge in [-0.05, 0) is 35.0 Å². The van der Waals surface area contributed by atoms with E-state index in [1.807, 2.05) is 30.3 Å². The molecule has 1 N–H and O–H groups in total. The lowest BCUT2D eigenvalue weighted by molar-refractivity contribution is -0.140. The van der Waals surface area contributed by atoms with Crippen LogP contribution in [0.2, 0.25) is 0 Å². The third-order valence-corrected chi connectivity index (χ3v) is 4.90. The highest BCUT2D eigenvalue weighted by Crippen LogP contribution is 2.36. The maximum absolute atomic E-state index is 14.7. The highest BCUT2D eigenvalue weighted by Gasteiger charge is 2.36. The standard InChI is InChI=1S/C19H15BrFN5O2/c1-11-16(18(27)28-10-12-5-3-2-4-6-12)17(26-19(22-11)23-24-25-26)14-8-7-13(20)9-15(14)21/h2-9,17H,10H2,1H3,(H,22,23,25).